The number of rotatable bonds is 4. The molecule has 0 saturated heterocycles. The van der Waals surface area contributed by atoms with Gasteiger partial charge in [-0.05, 0) is 12.8 Å². The van der Waals surface area contributed by atoms with E-state index in [1.807, 2.05) is 0 Å². The SMILES string of the molecule is C=CCC[C@@H](N)c1c(Cl)cnc(Cl)c1Cl.Cl. The van der Waals surface area contributed by atoms with Crippen LogP contribution in [0.2, 0.25) is 15.2 Å². The van der Waals surface area contributed by atoms with Crippen molar-refractivity contribution in [3.05, 3.63) is 39.6 Å². The molecule has 1 aromatic rings. The molecule has 1 aromatic heterocycles. The Balaban J connectivity index is 0.00000225. The third kappa shape index (κ3) is 3.79. The Morgan fingerprint density at radius 2 is 2.06 bits per heavy atom. The molecule has 1 heterocycles. The summed E-state index contributed by atoms with van der Waals surface area (Å²) < 4.78 is 0. The minimum atomic E-state index is -0.247. The molecule has 0 saturated carbocycles. The molecule has 0 amide bonds. The Morgan fingerprint density at radius 1 is 1.44 bits per heavy atom. The van der Waals surface area contributed by atoms with Crippen LogP contribution in [0.1, 0.15) is 24.4 Å². The Bertz CT molecular complexity index is 368. The van der Waals surface area contributed by atoms with E-state index in [1.54, 1.807) is 6.08 Å². The molecule has 90 valence electrons. The smallest absolute Gasteiger partial charge is 0.148 e. The van der Waals surface area contributed by atoms with Crippen molar-refractivity contribution in [3.8, 4) is 0 Å². The van der Waals surface area contributed by atoms with Crippen molar-refractivity contribution in [1.29, 1.82) is 0 Å². The predicted molar refractivity (Wildman–Crippen MR) is 72.9 cm³/mol. The average Bonchev–Trinajstić information content (AvgIpc) is 2.21. The summed E-state index contributed by atoms with van der Waals surface area (Å²) in [5.41, 5.74) is 6.60. The molecular weight excluding hydrogens is 290 g/mol. The van der Waals surface area contributed by atoms with Crippen molar-refractivity contribution in [3.63, 3.8) is 0 Å². The van der Waals surface area contributed by atoms with E-state index in [0.717, 1.165) is 12.8 Å². The fourth-order valence-corrected chi connectivity index (χ4v) is 2.01. The van der Waals surface area contributed by atoms with Crippen LogP contribution in [0.4, 0.5) is 0 Å². The van der Waals surface area contributed by atoms with Gasteiger partial charge in [-0.3, -0.25) is 0 Å². The van der Waals surface area contributed by atoms with Crippen LogP contribution in [0, 0.1) is 0 Å². The summed E-state index contributed by atoms with van der Waals surface area (Å²) in [6.07, 6.45) is 4.78. The van der Waals surface area contributed by atoms with Crippen molar-refractivity contribution in [2.75, 3.05) is 0 Å². The van der Waals surface area contributed by atoms with Gasteiger partial charge in [-0.1, -0.05) is 40.9 Å². The van der Waals surface area contributed by atoms with Gasteiger partial charge in [-0.15, -0.1) is 19.0 Å². The van der Waals surface area contributed by atoms with Gasteiger partial charge in [0.15, 0.2) is 0 Å². The van der Waals surface area contributed by atoms with E-state index in [0.29, 0.717) is 15.6 Å². The van der Waals surface area contributed by atoms with Crippen LogP contribution >= 0.6 is 47.2 Å². The first-order valence-electron chi connectivity index (χ1n) is 4.43. The van der Waals surface area contributed by atoms with Crippen molar-refractivity contribution in [2.45, 2.75) is 18.9 Å². The Morgan fingerprint density at radius 3 is 2.62 bits per heavy atom. The molecule has 0 aliphatic rings. The summed E-state index contributed by atoms with van der Waals surface area (Å²) in [5.74, 6) is 0. The molecule has 0 unspecified atom stereocenters. The third-order valence-corrected chi connectivity index (χ3v) is 3.09. The number of nitrogens with two attached hydrogens (primary N) is 1. The van der Waals surface area contributed by atoms with E-state index >= 15 is 0 Å². The topological polar surface area (TPSA) is 38.9 Å². The average molecular weight is 302 g/mol. The zero-order valence-electron chi connectivity index (χ0n) is 8.42. The largest absolute Gasteiger partial charge is 0.324 e. The second-order valence-corrected chi connectivity index (χ2v) is 4.24. The Hall–Kier alpha value is 0.01000. The first kappa shape index (κ1) is 16.0. The summed E-state index contributed by atoms with van der Waals surface area (Å²) in [6.45, 7) is 3.63. The number of pyridine rings is 1. The maximum Gasteiger partial charge on any atom is 0.148 e. The Kier molecular flexibility index (Phi) is 7.36. The fourth-order valence-electron chi connectivity index (χ4n) is 1.24. The Labute approximate surface area is 116 Å². The van der Waals surface area contributed by atoms with Gasteiger partial charge >= 0.3 is 0 Å². The van der Waals surface area contributed by atoms with E-state index in [4.69, 9.17) is 40.5 Å². The lowest BCUT2D eigenvalue weighted by Crippen LogP contribution is -2.11. The summed E-state index contributed by atoms with van der Waals surface area (Å²) in [7, 11) is 0. The lowest BCUT2D eigenvalue weighted by molar-refractivity contribution is 0.661. The van der Waals surface area contributed by atoms with Crippen molar-refractivity contribution in [1.82, 2.24) is 4.98 Å². The maximum absolute atomic E-state index is 5.99. The number of hydrogen-bond donors (Lipinski definition) is 1. The van der Waals surface area contributed by atoms with Crippen LogP contribution in [0.5, 0.6) is 0 Å². The van der Waals surface area contributed by atoms with Gasteiger partial charge in [0.1, 0.15) is 5.15 Å². The van der Waals surface area contributed by atoms with E-state index in [-0.39, 0.29) is 23.6 Å². The molecule has 1 rings (SSSR count). The van der Waals surface area contributed by atoms with Crippen LogP contribution in [0.15, 0.2) is 18.9 Å². The van der Waals surface area contributed by atoms with E-state index in [1.165, 1.54) is 6.20 Å². The molecule has 0 aliphatic heterocycles. The molecule has 0 aromatic carbocycles. The van der Waals surface area contributed by atoms with Crippen LogP contribution in [0.25, 0.3) is 0 Å². The molecule has 6 heteroatoms. The lowest BCUT2D eigenvalue weighted by Gasteiger charge is -2.14. The first-order chi connectivity index (χ1) is 7.07. The molecule has 0 spiro atoms. The number of hydrogen-bond acceptors (Lipinski definition) is 2. The molecule has 0 bridgehead atoms. The maximum atomic E-state index is 5.99. The summed E-state index contributed by atoms with van der Waals surface area (Å²) >= 11 is 17.7. The molecular formula is C10H12Cl4N2. The van der Waals surface area contributed by atoms with Crippen molar-refractivity contribution < 1.29 is 0 Å². The minimum Gasteiger partial charge on any atom is -0.324 e. The molecule has 0 aliphatic carbocycles. The number of nitrogens with zero attached hydrogens (tertiary/aromatic N) is 1. The highest BCUT2D eigenvalue weighted by molar-refractivity contribution is 6.43. The predicted octanol–water partition coefficient (Wildman–Crippen LogP) is 4.43. The normalized spacial score (nSPS) is 11.8. The van der Waals surface area contributed by atoms with E-state index in [2.05, 4.69) is 11.6 Å². The van der Waals surface area contributed by atoms with E-state index < -0.39 is 0 Å². The lowest BCUT2D eigenvalue weighted by atomic mass is 10.0. The van der Waals surface area contributed by atoms with Crippen LogP contribution < -0.4 is 5.73 Å². The molecule has 16 heavy (non-hydrogen) atoms. The summed E-state index contributed by atoms with van der Waals surface area (Å²) in [4.78, 5) is 3.83. The number of aromatic nitrogens is 1. The van der Waals surface area contributed by atoms with Gasteiger partial charge < -0.3 is 5.73 Å². The molecule has 2 N–H and O–H groups in total. The second kappa shape index (κ2) is 7.36. The van der Waals surface area contributed by atoms with Crippen LogP contribution in [-0.4, -0.2) is 4.98 Å². The standard InChI is InChI=1S/C10H11Cl3N2.ClH/c1-2-3-4-7(14)8-6(11)5-15-10(13)9(8)12;/h2,5,7H,1,3-4,14H2;1H/t7-;/m1./s1. The summed E-state index contributed by atoms with van der Waals surface area (Å²) in [5, 5.41) is 1.01. The van der Waals surface area contributed by atoms with Gasteiger partial charge in [0, 0.05) is 17.8 Å². The first-order valence-corrected chi connectivity index (χ1v) is 5.57. The minimum absolute atomic E-state index is 0. The van der Waals surface area contributed by atoms with Gasteiger partial charge in [0.05, 0.1) is 10.0 Å². The number of halogens is 4. The van der Waals surface area contributed by atoms with Gasteiger partial charge in [0.25, 0.3) is 0 Å². The monoisotopic (exact) mass is 300 g/mol. The zero-order valence-corrected chi connectivity index (χ0v) is 11.5. The highest BCUT2D eigenvalue weighted by Gasteiger charge is 2.16. The quantitative estimate of drug-likeness (QED) is 0.660. The second-order valence-electron chi connectivity index (χ2n) is 3.10. The van der Waals surface area contributed by atoms with Gasteiger partial charge in [-0.25, -0.2) is 4.98 Å². The van der Waals surface area contributed by atoms with Crippen molar-refractivity contribution in [2.24, 2.45) is 5.73 Å². The molecule has 2 nitrogen and oxygen atoms in total. The summed E-state index contributed by atoms with van der Waals surface area (Å²) in [6, 6.07) is -0.247. The molecule has 1 atom stereocenters. The zero-order chi connectivity index (χ0) is 11.4. The number of allylic oxidation sites excluding steroid dienone is 1. The van der Waals surface area contributed by atoms with Crippen LogP contribution in [-0.2, 0) is 0 Å². The molecule has 0 radical (unpaired) electrons. The van der Waals surface area contributed by atoms with Gasteiger partial charge in [0.2, 0.25) is 0 Å². The third-order valence-electron chi connectivity index (χ3n) is 2.02. The highest BCUT2D eigenvalue weighted by atomic mass is 35.5. The highest BCUT2D eigenvalue weighted by Crippen LogP contribution is 2.34. The molecule has 0 fully saturated rings. The van der Waals surface area contributed by atoms with Crippen LogP contribution in [0.3, 0.4) is 0 Å². The van der Waals surface area contributed by atoms with Crippen molar-refractivity contribution >= 4 is 47.2 Å². The van der Waals surface area contributed by atoms with E-state index in [9.17, 15) is 0 Å². The van der Waals surface area contributed by atoms with Gasteiger partial charge in [-0.2, -0.15) is 0 Å². The fraction of sp³-hybridized carbons (Fsp3) is 0.300.